The van der Waals surface area contributed by atoms with E-state index in [9.17, 15) is 0 Å². The summed E-state index contributed by atoms with van der Waals surface area (Å²) in [5, 5.41) is 3.70. The molecule has 19 heavy (non-hydrogen) atoms. The maximum absolute atomic E-state index is 3.70. The zero-order valence-corrected chi connectivity index (χ0v) is 14.0. The van der Waals surface area contributed by atoms with Crippen LogP contribution in [0.2, 0.25) is 0 Å². The van der Waals surface area contributed by atoms with Crippen molar-refractivity contribution < 1.29 is 0 Å². The van der Waals surface area contributed by atoms with Gasteiger partial charge in [0.05, 0.1) is 0 Å². The Morgan fingerprint density at radius 3 is 2.89 bits per heavy atom. The molecular formula is C16H25BrN2. The summed E-state index contributed by atoms with van der Waals surface area (Å²) < 4.78 is 1.17. The van der Waals surface area contributed by atoms with Crippen molar-refractivity contribution in [2.24, 2.45) is 5.92 Å². The largest absolute Gasteiger partial charge is 0.366 e. The zero-order chi connectivity index (χ0) is 14.0. The Hall–Kier alpha value is -0.540. The highest BCUT2D eigenvalue weighted by molar-refractivity contribution is 9.10. The molecule has 0 aromatic heterocycles. The minimum atomic E-state index is 0.549. The first kappa shape index (κ1) is 14.9. The number of nitrogens with zero attached hydrogens (tertiary/aromatic N) is 1. The van der Waals surface area contributed by atoms with E-state index in [0.29, 0.717) is 12.1 Å². The Balaban J connectivity index is 2.23. The van der Waals surface area contributed by atoms with Crippen LogP contribution in [-0.4, -0.2) is 25.2 Å². The van der Waals surface area contributed by atoms with Crippen molar-refractivity contribution in [3.05, 3.63) is 28.2 Å². The summed E-state index contributed by atoms with van der Waals surface area (Å²) in [4.78, 5) is 2.56. The fourth-order valence-corrected chi connectivity index (χ4v) is 3.13. The molecule has 1 aromatic rings. The third kappa shape index (κ3) is 3.32. The molecule has 3 atom stereocenters. The first-order chi connectivity index (χ1) is 9.02. The molecule has 3 unspecified atom stereocenters. The van der Waals surface area contributed by atoms with Gasteiger partial charge in [-0.3, -0.25) is 0 Å². The predicted molar refractivity (Wildman–Crippen MR) is 86.9 cm³/mol. The van der Waals surface area contributed by atoms with Crippen molar-refractivity contribution in [3.63, 3.8) is 0 Å². The smallest absolute Gasteiger partial charge is 0.0410 e. The van der Waals surface area contributed by atoms with Gasteiger partial charge in [-0.25, -0.2) is 0 Å². The molecule has 1 heterocycles. The SMILES string of the molecule is CCC(C)C1CN(c2cc(Br)ccc2C)C(C)CN1. The Labute approximate surface area is 125 Å². The fourth-order valence-electron chi connectivity index (χ4n) is 2.78. The van der Waals surface area contributed by atoms with Crippen LogP contribution in [0.5, 0.6) is 0 Å². The fraction of sp³-hybridized carbons (Fsp3) is 0.625. The molecule has 2 nitrogen and oxygen atoms in total. The van der Waals surface area contributed by atoms with Crippen LogP contribution in [0.3, 0.4) is 0 Å². The van der Waals surface area contributed by atoms with E-state index < -0.39 is 0 Å². The Morgan fingerprint density at radius 1 is 1.47 bits per heavy atom. The van der Waals surface area contributed by atoms with E-state index in [0.717, 1.165) is 19.0 Å². The normalized spacial score (nSPS) is 25.4. The number of rotatable bonds is 3. The minimum Gasteiger partial charge on any atom is -0.366 e. The van der Waals surface area contributed by atoms with Gasteiger partial charge >= 0.3 is 0 Å². The summed E-state index contributed by atoms with van der Waals surface area (Å²) in [5.74, 6) is 0.724. The van der Waals surface area contributed by atoms with Gasteiger partial charge in [0.15, 0.2) is 0 Å². The van der Waals surface area contributed by atoms with E-state index in [4.69, 9.17) is 0 Å². The molecule has 0 radical (unpaired) electrons. The molecule has 0 saturated carbocycles. The quantitative estimate of drug-likeness (QED) is 0.905. The van der Waals surface area contributed by atoms with E-state index in [2.05, 4.69) is 72.0 Å². The van der Waals surface area contributed by atoms with Gasteiger partial charge in [-0.05, 0) is 37.5 Å². The van der Waals surface area contributed by atoms with Crippen molar-refractivity contribution in [2.45, 2.75) is 46.2 Å². The lowest BCUT2D eigenvalue weighted by Crippen LogP contribution is -2.57. The van der Waals surface area contributed by atoms with Gasteiger partial charge < -0.3 is 10.2 Å². The van der Waals surface area contributed by atoms with Crippen LogP contribution in [0.4, 0.5) is 5.69 Å². The van der Waals surface area contributed by atoms with E-state index in [1.54, 1.807) is 0 Å². The average Bonchev–Trinajstić information content (AvgIpc) is 2.41. The highest BCUT2D eigenvalue weighted by Gasteiger charge is 2.28. The molecule has 0 bridgehead atoms. The summed E-state index contributed by atoms with van der Waals surface area (Å²) in [5.41, 5.74) is 2.73. The predicted octanol–water partition coefficient (Wildman–Crippen LogP) is 3.97. The summed E-state index contributed by atoms with van der Waals surface area (Å²) in [7, 11) is 0. The number of piperazine rings is 1. The van der Waals surface area contributed by atoms with E-state index in [1.165, 1.54) is 22.1 Å². The molecule has 0 aliphatic carbocycles. The lowest BCUT2D eigenvalue weighted by molar-refractivity contribution is 0.315. The van der Waals surface area contributed by atoms with E-state index >= 15 is 0 Å². The van der Waals surface area contributed by atoms with Gasteiger partial charge in [-0.1, -0.05) is 42.3 Å². The van der Waals surface area contributed by atoms with Crippen LogP contribution in [0.1, 0.15) is 32.8 Å². The van der Waals surface area contributed by atoms with Gasteiger partial charge in [0.1, 0.15) is 0 Å². The molecule has 1 saturated heterocycles. The molecule has 0 spiro atoms. The van der Waals surface area contributed by atoms with Crippen molar-refractivity contribution in [1.82, 2.24) is 5.32 Å². The van der Waals surface area contributed by atoms with E-state index in [-0.39, 0.29) is 0 Å². The summed E-state index contributed by atoms with van der Waals surface area (Å²) >= 11 is 3.60. The van der Waals surface area contributed by atoms with Gasteiger partial charge in [-0.2, -0.15) is 0 Å². The van der Waals surface area contributed by atoms with Crippen LogP contribution >= 0.6 is 15.9 Å². The van der Waals surface area contributed by atoms with Crippen LogP contribution in [0.25, 0.3) is 0 Å². The average molecular weight is 325 g/mol. The monoisotopic (exact) mass is 324 g/mol. The number of aryl methyl sites for hydroxylation is 1. The Kier molecular flexibility index (Phi) is 4.91. The zero-order valence-electron chi connectivity index (χ0n) is 12.4. The molecule has 1 aromatic carbocycles. The topological polar surface area (TPSA) is 15.3 Å². The summed E-state index contributed by atoms with van der Waals surface area (Å²) in [6.07, 6.45) is 1.23. The molecule has 0 amide bonds. The maximum atomic E-state index is 3.70. The second-order valence-corrected chi connectivity index (χ2v) is 6.75. The molecule has 1 N–H and O–H groups in total. The number of hydrogen-bond donors (Lipinski definition) is 1. The Bertz CT molecular complexity index is 433. The first-order valence-corrected chi connectivity index (χ1v) is 8.08. The van der Waals surface area contributed by atoms with Crippen molar-refractivity contribution in [1.29, 1.82) is 0 Å². The molecule has 106 valence electrons. The Morgan fingerprint density at radius 2 is 2.21 bits per heavy atom. The van der Waals surface area contributed by atoms with Gasteiger partial charge in [0, 0.05) is 35.3 Å². The standard InChI is InChI=1S/C16H25BrN2/c1-5-11(2)15-10-19(13(4)9-18-15)16-8-14(17)7-6-12(16)3/h6-8,11,13,15,18H,5,9-10H2,1-4H3. The highest BCUT2D eigenvalue weighted by atomic mass is 79.9. The highest BCUT2D eigenvalue weighted by Crippen LogP contribution is 2.28. The van der Waals surface area contributed by atoms with Crippen molar-refractivity contribution in [3.8, 4) is 0 Å². The lowest BCUT2D eigenvalue weighted by Gasteiger charge is -2.43. The molecular weight excluding hydrogens is 300 g/mol. The van der Waals surface area contributed by atoms with Crippen LogP contribution in [0.15, 0.2) is 22.7 Å². The number of halogens is 1. The number of benzene rings is 1. The van der Waals surface area contributed by atoms with Crippen molar-refractivity contribution in [2.75, 3.05) is 18.0 Å². The number of anilines is 1. The first-order valence-electron chi connectivity index (χ1n) is 7.29. The maximum Gasteiger partial charge on any atom is 0.0410 e. The summed E-state index contributed by atoms with van der Waals surface area (Å²) in [6.45, 7) is 11.3. The molecule has 1 fully saturated rings. The lowest BCUT2D eigenvalue weighted by atomic mass is 9.95. The number of nitrogens with one attached hydrogen (secondary N) is 1. The van der Waals surface area contributed by atoms with Gasteiger partial charge in [0.25, 0.3) is 0 Å². The van der Waals surface area contributed by atoms with Crippen LogP contribution in [-0.2, 0) is 0 Å². The third-order valence-corrected chi connectivity index (χ3v) is 4.91. The summed E-state index contributed by atoms with van der Waals surface area (Å²) in [6, 6.07) is 7.72. The number of hydrogen-bond acceptors (Lipinski definition) is 2. The van der Waals surface area contributed by atoms with E-state index in [1.807, 2.05) is 0 Å². The van der Waals surface area contributed by atoms with Crippen LogP contribution < -0.4 is 10.2 Å². The van der Waals surface area contributed by atoms with Gasteiger partial charge in [0.2, 0.25) is 0 Å². The second kappa shape index (κ2) is 6.27. The second-order valence-electron chi connectivity index (χ2n) is 5.83. The third-order valence-electron chi connectivity index (χ3n) is 4.41. The molecule has 2 rings (SSSR count). The molecule has 1 aliphatic rings. The molecule has 1 aliphatic heterocycles. The van der Waals surface area contributed by atoms with Crippen molar-refractivity contribution >= 4 is 21.6 Å². The minimum absolute atomic E-state index is 0.549. The van der Waals surface area contributed by atoms with Gasteiger partial charge in [-0.15, -0.1) is 0 Å². The van der Waals surface area contributed by atoms with Crippen LogP contribution in [0, 0.1) is 12.8 Å². The molecule has 3 heteroatoms.